The van der Waals surface area contributed by atoms with Crippen LogP contribution in [0.25, 0.3) is 0 Å². The third-order valence-corrected chi connectivity index (χ3v) is 2.78. The lowest BCUT2D eigenvalue weighted by molar-refractivity contribution is -0.143. The molecule has 1 aromatic carbocycles. The number of hydrogen-bond donors (Lipinski definition) is 0. The smallest absolute Gasteiger partial charge is 0.310 e. The van der Waals surface area contributed by atoms with Crippen molar-refractivity contribution in [3.63, 3.8) is 0 Å². The van der Waals surface area contributed by atoms with Crippen LogP contribution in [0.4, 0.5) is 0 Å². The van der Waals surface area contributed by atoms with Gasteiger partial charge < -0.3 is 9.47 Å². The third kappa shape index (κ3) is 8.38. The molecule has 0 bridgehead atoms. The van der Waals surface area contributed by atoms with Crippen molar-refractivity contribution in [1.82, 2.24) is 0 Å². The number of benzene rings is 1. The van der Waals surface area contributed by atoms with Gasteiger partial charge in [0.1, 0.15) is 13.2 Å². The molecule has 8 heteroatoms. The highest BCUT2D eigenvalue weighted by Crippen LogP contribution is 2.07. The first kappa shape index (κ1) is 19.0. The van der Waals surface area contributed by atoms with Gasteiger partial charge in [-0.1, -0.05) is 24.3 Å². The van der Waals surface area contributed by atoms with E-state index in [2.05, 4.69) is 9.98 Å². The maximum atomic E-state index is 11.5. The number of carbonyl (C=O) groups excluding carboxylic acids is 4. The summed E-state index contributed by atoms with van der Waals surface area (Å²) < 4.78 is 9.77. The van der Waals surface area contributed by atoms with Gasteiger partial charge in [0.15, 0.2) is 0 Å². The van der Waals surface area contributed by atoms with Crippen molar-refractivity contribution >= 4 is 24.1 Å². The molecule has 0 saturated heterocycles. The van der Waals surface area contributed by atoms with Crippen LogP contribution in [0.5, 0.6) is 0 Å². The van der Waals surface area contributed by atoms with Crippen LogP contribution in [0.2, 0.25) is 0 Å². The van der Waals surface area contributed by atoms with Gasteiger partial charge in [0.2, 0.25) is 12.2 Å². The van der Waals surface area contributed by atoms with Gasteiger partial charge in [-0.05, 0) is 11.1 Å². The van der Waals surface area contributed by atoms with Crippen molar-refractivity contribution in [3.8, 4) is 0 Å². The van der Waals surface area contributed by atoms with E-state index in [0.717, 1.165) is 11.1 Å². The summed E-state index contributed by atoms with van der Waals surface area (Å²) in [6.45, 7) is 0.251. The minimum absolute atomic E-state index is 0.0339. The molecule has 0 N–H and O–H groups in total. The van der Waals surface area contributed by atoms with Crippen molar-refractivity contribution in [3.05, 3.63) is 35.4 Å². The highest BCUT2D eigenvalue weighted by molar-refractivity contribution is 5.73. The van der Waals surface area contributed by atoms with E-state index in [4.69, 9.17) is 9.47 Å². The molecule has 0 amide bonds. The highest BCUT2D eigenvalue weighted by atomic mass is 16.5. The van der Waals surface area contributed by atoms with Gasteiger partial charge in [0.25, 0.3) is 0 Å². The summed E-state index contributed by atoms with van der Waals surface area (Å²) in [5, 5.41) is 0. The molecule has 0 heterocycles. The van der Waals surface area contributed by atoms with E-state index < -0.39 is 11.9 Å². The van der Waals surface area contributed by atoms with Crippen LogP contribution < -0.4 is 0 Å². The average molecular weight is 332 g/mol. The van der Waals surface area contributed by atoms with E-state index >= 15 is 0 Å². The second kappa shape index (κ2) is 11.5. The zero-order chi connectivity index (χ0) is 17.6. The fourth-order valence-electron chi connectivity index (χ4n) is 1.71. The van der Waals surface area contributed by atoms with Crippen LogP contribution in [0.1, 0.15) is 11.1 Å². The molecule has 0 fully saturated rings. The van der Waals surface area contributed by atoms with Gasteiger partial charge in [0.05, 0.1) is 25.9 Å². The molecule has 0 aliphatic rings. The van der Waals surface area contributed by atoms with Crippen molar-refractivity contribution in [2.75, 3.05) is 26.3 Å². The standard InChI is InChI=1S/C16H16N2O6/c19-11-17-5-7-23-15(21)9-13-1-2-14(4-3-13)10-16(22)24-8-6-18-12-20/h1-4H,5-10H2. The molecule has 24 heavy (non-hydrogen) atoms. The molecular formula is C16H16N2O6. The summed E-state index contributed by atoms with van der Waals surface area (Å²) >= 11 is 0. The molecule has 0 unspecified atom stereocenters. The lowest BCUT2D eigenvalue weighted by Crippen LogP contribution is -2.11. The second-order valence-corrected chi connectivity index (χ2v) is 4.56. The van der Waals surface area contributed by atoms with Crippen LogP contribution in [0, 0.1) is 0 Å². The van der Waals surface area contributed by atoms with E-state index in [1.807, 2.05) is 0 Å². The fraction of sp³-hybridized carbons (Fsp3) is 0.375. The van der Waals surface area contributed by atoms with Crippen LogP contribution >= 0.6 is 0 Å². The molecule has 0 radical (unpaired) electrons. The number of isocyanates is 2. The Balaban J connectivity index is 2.36. The van der Waals surface area contributed by atoms with E-state index in [-0.39, 0.29) is 39.1 Å². The van der Waals surface area contributed by atoms with Gasteiger partial charge >= 0.3 is 11.9 Å². The Kier molecular flexibility index (Phi) is 9.07. The number of esters is 2. The minimum Gasteiger partial charge on any atom is -0.463 e. The molecule has 126 valence electrons. The first-order valence-electron chi connectivity index (χ1n) is 7.12. The average Bonchev–Trinajstić information content (AvgIpc) is 2.57. The SMILES string of the molecule is O=C=NCCOC(=O)Cc1ccc(CC(=O)OCCN=C=O)cc1. The Morgan fingerprint density at radius 1 is 0.792 bits per heavy atom. The predicted octanol–water partition coefficient (Wildman–Crippen LogP) is 0.530. The van der Waals surface area contributed by atoms with Crippen LogP contribution in [-0.4, -0.2) is 50.4 Å². The van der Waals surface area contributed by atoms with Gasteiger partial charge in [-0.2, -0.15) is 0 Å². The summed E-state index contributed by atoms with van der Waals surface area (Å²) in [5.74, 6) is -0.863. The molecule has 0 aliphatic carbocycles. The zero-order valence-corrected chi connectivity index (χ0v) is 12.9. The largest absolute Gasteiger partial charge is 0.463 e. The number of carbonyl (C=O) groups is 2. The molecule has 1 rings (SSSR count). The molecular weight excluding hydrogens is 316 g/mol. The molecule has 0 aromatic heterocycles. The Morgan fingerprint density at radius 2 is 1.17 bits per heavy atom. The molecule has 1 aromatic rings. The van der Waals surface area contributed by atoms with Crippen molar-refractivity contribution in [2.45, 2.75) is 12.8 Å². The van der Waals surface area contributed by atoms with Gasteiger partial charge in [-0.25, -0.2) is 19.6 Å². The second-order valence-electron chi connectivity index (χ2n) is 4.56. The number of aliphatic imine (C=N–C) groups is 2. The number of ether oxygens (including phenoxy) is 2. The summed E-state index contributed by atoms with van der Waals surface area (Å²) in [6, 6.07) is 6.85. The molecule has 0 saturated carbocycles. The zero-order valence-electron chi connectivity index (χ0n) is 12.9. The minimum atomic E-state index is -0.431. The normalized spacial score (nSPS) is 9.33. The Bertz CT molecular complexity index is 586. The van der Waals surface area contributed by atoms with Crippen LogP contribution in [0.15, 0.2) is 34.3 Å². The van der Waals surface area contributed by atoms with E-state index in [1.54, 1.807) is 24.3 Å². The van der Waals surface area contributed by atoms with E-state index in [9.17, 15) is 19.2 Å². The first-order valence-corrected chi connectivity index (χ1v) is 7.12. The fourth-order valence-corrected chi connectivity index (χ4v) is 1.71. The summed E-state index contributed by atoms with van der Waals surface area (Å²) in [4.78, 5) is 49.3. The maximum absolute atomic E-state index is 11.5. The van der Waals surface area contributed by atoms with Gasteiger partial charge in [0, 0.05) is 0 Å². The first-order chi connectivity index (χ1) is 11.7. The number of rotatable bonds is 10. The predicted molar refractivity (Wildman–Crippen MR) is 81.7 cm³/mol. The molecule has 0 spiro atoms. The summed E-state index contributed by atoms with van der Waals surface area (Å²) in [5.41, 5.74) is 1.47. The quantitative estimate of drug-likeness (QED) is 0.267. The maximum Gasteiger partial charge on any atom is 0.310 e. The number of hydrogen-bond acceptors (Lipinski definition) is 8. The molecule has 0 atom stereocenters. The van der Waals surface area contributed by atoms with Crippen molar-refractivity contribution in [2.24, 2.45) is 9.98 Å². The lowest BCUT2D eigenvalue weighted by atomic mass is 10.1. The third-order valence-electron chi connectivity index (χ3n) is 2.78. The van der Waals surface area contributed by atoms with Gasteiger partial charge in [-0.3, -0.25) is 9.59 Å². The lowest BCUT2D eigenvalue weighted by Gasteiger charge is -2.05. The van der Waals surface area contributed by atoms with Crippen LogP contribution in [-0.2, 0) is 41.5 Å². The Morgan fingerprint density at radius 3 is 1.50 bits per heavy atom. The van der Waals surface area contributed by atoms with Crippen molar-refractivity contribution in [1.29, 1.82) is 0 Å². The Labute approximate surface area is 138 Å². The highest BCUT2D eigenvalue weighted by Gasteiger charge is 2.07. The van der Waals surface area contributed by atoms with E-state index in [0.29, 0.717) is 0 Å². The molecule has 0 aliphatic heterocycles. The van der Waals surface area contributed by atoms with Crippen LogP contribution in [0.3, 0.4) is 0 Å². The monoisotopic (exact) mass is 332 g/mol. The van der Waals surface area contributed by atoms with Crippen molar-refractivity contribution < 1.29 is 28.7 Å². The van der Waals surface area contributed by atoms with E-state index in [1.165, 1.54) is 12.2 Å². The molecule has 8 nitrogen and oxygen atoms in total. The summed E-state index contributed by atoms with van der Waals surface area (Å²) in [7, 11) is 0. The topological polar surface area (TPSA) is 111 Å². The summed E-state index contributed by atoms with van der Waals surface area (Å²) in [6.07, 6.45) is 2.88. The number of nitrogens with zero attached hydrogens (tertiary/aromatic N) is 2. The Hall–Kier alpha value is -3.08. The van der Waals surface area contributed by atoms with Gasteiger partial charge in [-0.15, -0.1) is 0 Å².